The van der Waals surface area contributed by atoms with Crippen LogP contribution in [0.25, 0.3) is 0 Å². The Morgan fingerprint density at radius 1 is 1.10 bits per heavy atom. The first-order chi connectivity index (χ1) is 15.0. The average Bonchev–Trinajstić information content (AvgIpc) is 3.57. The molecule has 31 heavy (non-hydrogen) atoms. The Hall–Kier alpha value is -2.12. The smallest absolute Gasteiger partial charge is 0.266 e. The van der Waals surface area contributed by atoms with Gasteiger partial charge < -0.3 is 5.11 Å². The maximum atomic E-state index is 12.4. The van der Waals surface area contributed by atoms with Crippen molar-refractivity contribution in [1.29, 1.82) is 0 Å². The van der Waals surface area contributed by atoms with Crippen LogP contribution in [0.4, 0.5) is 0 Å². The second-order valence-corrected chi connectivity index (χ2v) is 9.83. The summed E-state index contributed by atoms with van der Waals surface area (Å²) in [5, 5.41) is 16.0. The average molecular weight is 424 g/mol. The Morgan fingerprint density at radius 3 is 2.45 bits per heavy atom. The van der Waals surface area contributed by atoms with Gasteiger partial charge in [-0.2, -0.15) is 5.10 Å². The fourth-order valence-electron chi connectivity index (χ4n) is 5.39. The Labute approximate surface area is 183 Å². The molecule has 0 spiro atoms. The predicted molar refractivity (Wildman–Crippen MR) is 118 cm³/mol. The van der Waals surface area contributed by atoms with Crippen molar-refractivity contribution in [1.82, 2.24) is 24.6 Å². The van der Waals surface area contributed by atoms with E-state index in [-0.39, 0.29) is 5.56 Å². The van der Waals surface area contributed by atoms with Crippen molar-refractivity contribution < 1.29 is 5.11 Å². The quantitative estimate of drug-likeness (QED) is 0.703. The van der Waals surface area contributed by atoms with Gasteiger partial charge in [-0.15, -0.1) is 0 Å². The summed E-state index contributed by atoms with van der Waals surface area (Å²) in [5.41, 5.74) is 1.14. The molecular weight excluding hydrogens is 390 g/mol. The molecule has 2 aromatic heterocycles. The number of aryl methyl sites for hydroxylation is 1. The van der Waals surface area contributed by atoms with Gasteiger partial charge in [0, 0.05) is 55.0 Å². The minimum absolute atomic E-state index is 0.118. The molecule has 7 heteroatoms. The highest BCUT2D eigenvalue weighted by atomic mass is 16.3. The minimum atomic E-state index is -0.873. The molecule has 2 bridgehead atoms. The Morgan fingerprint density at radius 2 is 1.81 bits per heavy atom. The van der Waals surface area contributed by atoms with Crippen molar-refractivity contribution in [2.45, 2.75) is 101 Å². The van der Waals surface area contributed by atoms with E-state index < -0.39 is 5.60 Å². The Bertz CT molecular complexity index is 955. The molecule has 3 fully saturated rings. The van der Waals surface area contributed by atoms with Crippen molar-refractivity contribution in [3.8, 4) is 0 Å². The van der Waals surface area contributed by atoms with Gasteiger partial charge >= 0.3 is 0 Å². The maximum Gasteiger partial charge on any atom is 0.266 e. The molecule has 4 heterocycles. The molecule has 5 rings (SSSR count). The zero-order chi connectivity index (χ0) is 21.4. The summed E-state index contributed by atoms with van der Waals surface area (Å²) >= 11 is 0. The Balaban J connectivity index is 1.25. The van der Waals surface area contributed by atoms with E-state index in [2.05, 4.69) is 26.9 Å². The molecule has 2 saturated heterocycles. The van der Waals surface area contributed by atoms with Gasteiger partial charge in [-0.1, -0.05) is 13.3 Å². The molecule has 0 amide bonds. The number of rotatable bonds is 8. The molecule has 7 nitrogen and oxygen atoms in total. The lowest BCUT2D eigenvalue weighted by Crippen LogP contribution is -2.53. The number of fused-ring (bicyclic) bond motifs is 2. The summed E-state index contributed by atoms with van der Waals surface area (Å²) in [5.74, 6) is 1.42. The van der Waals surface area contributed by atoms with Gasteiger partial charge in [-0.3, -0.25) is 9.69 Å². The summed E-state index contributed by atoms with van der Waals surface area (Å²) in [7, 11) is 0. The van der Waals surface area contributed by atoms with E-state index >= 15 is 0 Å². The standard InChI is InChI=1S/C24H33N5O2/c1-2-3-4-22-25-13-17(14-26-22)15-28-19-7-8-20(28)12-24(31,11-19)16-29-23(30)10-9-21(27-29)18-5-6-18/h9-10,13-14,18-20,31H,2-8,11-12,15-16H2,1H3/t19-,20+,24?. The first kappa shape index (κ1) is 20.8. The summed E-state index contributed by atoms with van der Waals surface area (Å²) in [6.07, 6.45) is 13.0. The number of hydrogen-bond acceptors (Lipinski definition) is 6. The van der Waals surface area contributed by atoms with E-state index in [1.165, 1.54) is 4.68 Å². The summed E-state index contributed by atoms with van der Waals surface area (Å²) in [6.45, 7) is 3.30. The zero-order valence-corrected chi connectivity index (χ0v) is 18.4. The van der Waals surface area contributed by atoms with Gasteiger partial charge in [0.05, 0.1) is 17.8 Å². The van der Waals surface area contributed by atoms with E-state index in [0.29, 0.717) is 37.4 Å². The SMILES string of the molecule is CCCCc1ncc(CN2[C@@H]3CC[C@H]2CC(O)(Cn2nc(C4CC4)ccc2=O)C3)cn1. The lowest BCUT2D eigenvalue weighted by Gasteiger charge is -2.43. The molecule has 2 aromatic rings. The van der Waals surface area contributed by atoms with Crippen LogP contribution in [0.1, 0.15) is 81.3 Å². The Kier molecular flexibility index (Phi) is 5.65. The lowest BCUT2D eigenvalue weighted by molar-refractivity contribution is -0.0678. The van der Waals surface area contributed by atoms with E-state index in [9.17, 15) is 9.90 Å². The van der Waals surface area contributed by atoms with Crippen LogP contribution >= 0.6 is 0 Å². The van der Waals surface area contributed by atoms with Crippen molar-refractivity contribution in [2.75, 3.05) is 0 Å². The van der Waals surface area contributed by atoms with E-state index in [1.54, 1.807) is 6.07 Å². The second kappa shape index (κ2) is 8.43. The normalized spacial score (nSPS) is 28.2. The largest absolute Gasteiger partial charge is 0.388 e. The van der Waals surface area contributed by atoms with Crippen molar-refractivity contribution in [2.24, 2.45) is 0 Å². The molecule has 1 aliphatic carbocycles. The molecule has 0 aromatic carbocycles. The van der Waals surface area contributed by atoms with Crippen molar-refractivity contribution in [3.63, 3.8) is 0 Å². The van der Waals surface area contributed by atoms with Crippen LogP contribution in [0.2, 0.25) is 0 Å². The maximum absolute atomic E-state index is 12.4. The highest BCUT2D eigenvalue weighted by Crippen LogP contribution is 2.42. The number of hydrogen-bond donors (Lipinski definition) is 1. The van der Waals surface area contributed by atoms with Crippen LogP contribution < -0.4 is 5.56 Å². The fourth-order valence-corrected chi connectivity index (χ4v) is 5.39. The van der Waals surface area contributed by atoms with E-state index in [0.717, 1.165) is 68.6 Å². The molecule has 1 unspecified atom stereocenters. The van der Waals surface area contributed by atoms with Crippen LogP contribution in [0.5, 0.6) is 0 Å². The molecule has 2 aliphatic heterocycles. The highest BCUT2D eigenvalue weighted by Gasteiger charge is 2.47. The highest BCUT2D eigenvalue weighted by molar-refractivity contribution is 5.13. The van der Waals surface area contributed by atoms with Crippen molar-refractivity contribution >= 4 is 0 Å². The third-order valence-corrected chi connectivity index (χ3v) is 7.21. The molecular formula is C24H33N5O2. The van der Waals surface area contributed by atoms with Gasteiger partial charge in [0.1, 0.15) is 5.82 Å². The molecule has 3 atom stereocenters. The van der Waals surface area contributed by atoms with Gasteiger partial charge in [0.15, 0.2) is 0 Å². The monoisotopic (exact) mass is 423 g/mol. The summed E-state index contributed by atoms with van der Waals surface area (Å²) in [4.78, 5) is 24.0. The summed E-state index contributed by atoms with van der Waals surface area (Å²) in [6, 6.07) is 4.11. The minimum Gasteiger partial charge on any atom is -0.388 e. The molecule has 1 N–H and O–H groups in total. The van der Waals surface area contributed by atoms with Crippen LogP contribution in [0.15, 0.2) is 29.3 Å². The third kappa shape index (κ3) is 4.58. The number of nitrogens with zero attached hydrogens (tertiary/aromatic N) is 5. The fraction of sp³-hybridized carbons (Fsp3) is 0.667. The zero-order valence-electron chi connectivity index (χ0n) is 18.4. The molecule has 0 radical (unpaired) electrons. The van der Waals surface area contributed by atoms with Gasteiger partial charge in [-0.05, 0) is 51.0 Å². The first-order valence-electron chi connectivity index (χ1n) is 11.9. The first-order valence-corrected chi connectivity index (χ1v) is 11.9. The van der Waals surface area contributed by atoms with Crippen LogP contribution in [-0.4, -0.2) is 47.4 Å². The lowest BCUT2D eigenvalue weighted by atomic mass is 9.85. The summed E-state index contributed by atoms with van der Waals surface area (Å²) < 4.78 is 1.51. The van der Waals surface area contributed by atoms with E-state index in [1.807, 2.05) is 18.5 Å². The second-order valence-electron chi connectivity index (χ2n) is 9.83. The number of aromatic nitrogens is 4. The third-order valence-electron chi connectivity index (χ3n) is 7.21. The number of aliphatic hydroxyl groups is 1. The van der Waals surface area contributed by atoms with Crippen LogP contribution in [-0.2, 0) is 19.5 Å². The molecule has 1 saturated carbocycles. The topological polar surface area (TPSA) is 84.1 Å². The van der Waals surface area contributed by atoms with Crippen LogP contribution in [0, 0.1) is 0 Å². The van der Waals surface area contributed by atoms with Gasteiger partial charge in [0.25, 0.3) is 5.56 Å². The van der Waals surface area contributed by atoms with Gasteiger partial charge in [0.2, 0.25) is 0 Å². The molecule has 3 aliphatic rings. The van der Waals surface area contributed by atoms with E-state index in [4.69, 9.17) is 0 Å². The van der Waals surface area contributed by atoms with Crippen LogP contribution in [0.3, 0.4) is 0 Å². The predicted octanol–water partition coefficient (Wildman–Crippen LogP) is 2.81. The van der Waals surface area contributed by atoms with Gasteiger partial charge in [-0.25, -0.2) is 14.6 Å². The van der Waals surface area contributed by atoms with Crippen molar-refractivity contribution in [3.05, 3.63) is 52.0 Å². The number of piperidine rings is 1. The number of unbranched alkanes of at least 4 members (excludes halogenated alkanes) is 1. The molecule has 166 valence electrons.